The molecule has 1 aromatic rings. The number of alkyl halides is 3. The number of rotatable bonds is 4. The second kappa shape index (κ2) is 6.21. The molecular formula is C11H10ClF4NO2. The van der Waals surface area contributed by atoms with Gasteiger partial charge in [-0.15, -0.1) is 0 Å². The van der Waals surface area contributed by atoms with Crippen LogP contribution in [0.2, 0.25) is 5.02 Å². The molecule has 1 N–H and O–H groups in total. The van der Waals surface area contributed by atoms with Crippen LogP contribution in [0.15, 0.2) is 18.2 Å². The maximum Gasteiger partial charge on any atom is 0.406 e. The van der Waals surface area contributed by atoms with Crippen molar-refractivity contribution in [1.82, 2.24) is 4.90 Å². The lowest BCUT2D eigenvalue weighted by Gasteiger charge is -2.23. The molecule has 3 nitrogen and oxygen atoms in total. The SMILES string of the molecule is O=C(c1ccc(Cl)c(F)c1)N(CCO)CC(F)(F)F. The summed E-state index contributed by atoms with van der Waals surface area (Å²) >= 11 is 5.41. The Hall–Kier alpha value is -1.34. The Morgan fingerprint density at radius 1 is 1.37 bits per heavy atom. The van der Waals surface area contributed by atoms with Gasteiger partial charge < -0.3 is 10.0 Å². The van der Waals surface area contributed by atoms with E-state index in [1.807, 2.05) is 0 Å². The van der Waals surface area contributed by atoms with E-state index in [0.29, 0.717) is 4.90 Å². The third-order valence-corrected chi connectivity index (χ3v) is 2.50. The van der Waals surface area contributed by atoms with Crippen LogP contribution in [0.1, 0.15) is 10.4 Å². The van der Waals surface area contributed by atoms with Crippen LogP contribution in [0, 0.1) is 5.82 Å². The highest BCUT2D eigenvalue weighted by Crippen LogP contribution is 2.20. The Kier molecular flexibility index (Phi) is 5.13. The number of aliphatic hydroxyl groups is 1. The molecule has 0 atom stereocenters. The average Bonchev–Trinajstić information content (AvgIpc) is 2.29. The molecule has 0 aliphatic carbocycles. The van der Waals surface area contributed by atoms with Crippen molar-refractivity contribution >= 4 is 17.5 Å². The summed E-state index contributed by atoms with van der Waals surface area (Å²) in [5.74, 6) is -1.93. The summed E-state index contributed by atoms with van der Waals surface area (Å²) in [5.41, 5.74) is -0.264. The van der Waals surface area contributed by atoms with Crippen molar-refractivity contribution in [3.8, 4) is 0 Å². The number of aliphatic hydroxyl groups excluding tert-OH is 1. The molecule has 0 aromatic heterocycles. The molecule has 1 aromatic carbocycles. The van der Waals surface area contributed by atoms with Crippen LogP contribution in [0.5, 0.6) is 0 Å². The molecule has 106 valence electrons. The van der Waals surface area contributed by atoms with Crippen LogP contribution in [0.25, 0.3) is 0 Å². The monoisotopic (exact) mass is 299 g/mol. The molecule has 0 radical (unpaired) electrons. The third kappa shape index (κ3) is 4.68. The molecular weight excluding hydrogens is 290 g/mol. The largest absolute Gasteiger partial charge is 0.406 e. The number of benzene rings is 1. The van der Waals surface area contributed by atoms with E-state index in [1.54, 1.807) is 0 Å². The molecule has 0 bridgehead atoms. The highest BCUT2D eigenvalue weighted by molar-refractivity contribution is 6.30. The van der Waals surface area contributed by atoms with Gasteiger partial charge in [-0.2, -0.15) is 13.2 Å². The molecule has 0 unspecified atom stereocenters. The first-order valence-electron chi connectivity index (χ1n) is 5.16. The fourth-order valence-electron chi connectivity index (χ4n) is 1.40. The quantitative estimate of drug-likeness (QED) is 0.868. The fourth-order valence-corrected chi connectivity index (χ4v) is 1.52. The highest BCUT2D eigenvalue weighted by atomic mass is 35.5. The van der Waals surface area contributed by atoms with Crippen LogP contribution < -0.4 is 0 Å². The lowest BCUT2D eigenvalue weighted by Crippen LogP contribution is -2.40. The zero-order valence-corrected chi connectivity index (χ0v) is 10.3. The van der Waals surface area contributed by atoms with E-state index in [2.05, 4.69) is 0 Å². The van der Waals surface area contributed by atoms with Crippen LogP contribution in [0.4, 0.5) is 17.6 Å². The number of carbonyl (C=O) groups is 1. The smallest absolute Gasteiger partial charge is 0.395 e. The van der Waals surface area contributed by atoms with Gasteiger partial charge in [0.25, 0.3) is 5.91 Å². The normalized spacial score (nSPS) is 11.5. The molecule has 1 amide bonds. The molecule has 19 heavy (non-hydrogen) atoms. The highest BCUT2D eigenvalue weighted by Gasteiger charge is 2.33. The second-order valence-corrected chi connectivity index (χ2v) is 4.10. The van der Waals surface area contributed by atoms with E-state index in [-0.39, 0.29) is 10.6 Å². The zero-order valence-electron chi connectivity index (χ0n) is 9.55. The number of halogens is 5. The first-order valence-corrected chi connectivity index (χ1v) is 5.54. The van der Waals surface area contributed by atoms with Crippen molar-refractivity contribution < 1.29 is 27.5 Å². The standard InChI is InChI=1S/C11H10ClF4NO2/c12-8-2-1-7(5-9(8)13)10(19)17(3-4-18)6-11(14,15)16/h1-2,5,18H,3-4,6H2. The van der Waals surface area contributed by atoms with E-state index < -0.39 is 37.6 Å². The maximum atomic E-state index is 13.2. The predicted octanol–water partition coefficient (Wildman–Crippen LogP) is 2.48. The molecule has 0 fully saturated rings. The molecule has 0 aliphatic rings. The Morgan fingerprint density at radius 3 is 2.47 bits per heavy atom. The lowest BCUT2D eigenvalue weighted by atomic mass is 10.2. The third-order valence-electron chi connectivity index (χ3n) is 2.19. The van der Waals surface area contributed by atoms with Crippen LogP contribution in [-0.4, -0.2) is 41.8 Å². The summed E-state index contributed by atoms with van der Waals surface area (Å²) < 4.78 is 50.0. The van der Waals surface area contributed by atoms with Crippen LogP contribution in [-0.2, 0) is 0 Å². The average molecular weight is 300 g/mol. The van der Waals surface area contributed by atoms with E-state index in [1.165, 1.54) is 0 Å². The minimum atomic E-state index is -4.60. The van der Waals surface area contributed by atoms with E-state index in [0.717, 1.165) is 18.2 Å². The molecule has 8 heteroatoms. The van der Waals surface area contributed by atoms with Gasteiger partial charge in [-0.3, -0.25) is 4.79 Å². The Balaban J connectivity index is 2.95. The number of nitrogens with zero attached hydrogens (tertiary/aromatic N) is 1. The van der Waals surface area contributed by atoms with Gasteiger partial charge in [-0.05, 0) is 18.2 Å². The zero-order chi connectivity index (χ0) is 14.6. The number of amides is 1. The van der Waals surface area contributed by atoms with Crippen molar-refractivity contribution in [2.45, 2.75) is 6.18 Å². The second-order valence-electron chi connectivity index (χ2n) is 3.69. The summed E-state index contributed by atoms with van der Waals surface area (Å²) in [5, 5.41) is 8.44. The van der Waals surface area contributed by atoms with E-state index in [4.69, 9.17) is 16.7 Å². The van der Waals surface area contributed by atoms with Crippen LogP contribution >= 0.6 is 11.6 Å². The molecule has 0 saturated heterocycles. The predicted molar refractivity (Wildman–Crippen MR) is 60.5 cm³/mol. The Bertz CT molecular complexity index is 464. The van der Waals surface area contributed by atoms with Gasteiger partial charge in [-0.1, -0.05) is 11.6 Å². The lowest BCUT2D eigenvalue weighted by molar-refractivity contribution is -0.141. The van der Waals surface area contributed by atoms with Gasteiger partial charge in [0.05, 0.1) is 11.6 Å². The summed E-state index contributed by atoms with van der Waals surface area (Å²) in [6.07, 6.45) is -4.60. The van der Waals surface area contributed by atoms with Crippen molar-refractivity contribution in [3.05, 3.63) is 34.6 Å². The molecule has 0 saturated carbocycles. The van der Waals surface area contributed by atoms with Gasteiger partial charge in [0.2, 0.25) is 0 Å². The maximum absolute atomic E-state index is 13.2. The number of hydrogen-bond acceptors (Lipinski definition) is 2. The fraction of sp³-hybridized carbons (Fsp3) is 0.364. The summed E-state index contributed by atoms with van der Waals surface area (Å²) in [6, 6.07) is 2.95. The van der Waals surface area contributed by atoms with Gasteiger partial charge in [0, 0.05) is 12.1 Å². The summed E-state index contributed by atoms with van der Waals surface area (Å²) in [4.78, 5) is 12.2. The molecule has 0 heterocycles. The van der Waals surface area contributed by atoms with Crippen molar-refractivity contribution in [1.29, 1.82) is 0 Å². The number of hydrogen-bond donors (Lipinski definition) is 1. The molecule has 1 rings (SSSR count). The summed E-state index contributed by atoms with van der Waals surface area (Å²) in [7, 11) is 0. The van der Waals surface area contributed by atoms with E-state index >= 15 is 0 Å². The minimum Gasteiger partial charge on any atom is -0.395 e. The Morgan fingerprint density at radius 2 is 2.00 bits per heavy atom. The van der Waals surface area contributed by atoms with Crippen molar-refractivity contribution in [2.24, 2.45) is 0 Å². The van der Waals surface area contributed by atoms with Crippen molar-refractivity contribution in [3.63, 3.8) is 0 Å². The van der Waals surface area contributed by atoms with E-state index in [9.17, 15) is 22.4 Å². The van der Waals surface area contributed by atoms with Gasteiger partial charge >= 0.3 is 6.18 Å². The first-order chi connectivity index (χ1) is 8.74. The molecule has 0 aliphatic heterocycles. The molecule has 0 spiro atoms. The van der Waals surface area contributed by atoms with Crippen molar-refractivity contribution in [2.75, 3.05) is 19.7 Å². The minimum absolute atomic E-state index is 0.235. The van der Waals surface area contributed by atoms with Gasteiger partial charge in [0.15, 0.2) is 0 Å². The summed E-state index contributed by atoms with van der Waals surface area (Å²) in [6.45, 7) is -2.64. The van der Waals surface area contributed by atoms with Gasteiger partial charge in [-0.25, -0.2) is 4.39 Å². The van der Waals surface area contributed by atoms with Gasteiger partial charge in [0.1, 0.15) is 12.4 Å². The number of carbonyl (C=O) groups excluding carboxylic acids is 1. The first kappa shape index (κ1) is 15.7. The Labute approximate surface area is 111 Å². The van der Waals surface area contributed by atoms with Crippen LogP contribution in [0.3, 0.4) is 0 Å². The topological polar surface area (TPSA) is 40.5 Å².